The molecule has 0 radical (unpaired) electrons. The van der Waals surface area contributed by atoms with Gasteiger partial charge in [-0.25, -0.2) is 0 Å². The van der Waals surface area contributed by atoms with E-state index >= 15 is 0 Å². The topological polar surface area (TPSA) is 32.3 Å². The number of thioether (sulfide) groups is 1. The first kappa shape index (κ1) is 14.9. The Kier molecular flexibility index (Phi) is 4.86. The van der Waals surface area contributed by atoms with Gasteiger partial charge in [0.15, 0.2) is 0 Å². The average Bonchev–Trinajstić information content (AvgIpc) is 3.26. The van der Waals surface area contributed by atoms with Crippen LogP contribution in [0.3, 0.4) is 0 Å². The van der Waals surface area contributed by atoms with E-state index in [0.717, 1.165) is 31.3 Å². The Hall–Kier alpha value is -1.00. The number of carbonyl (C=O) groups excluding carboxylic acids is 1. The standard InChI is InChI=1S/C17H24N2OS/c1-13(21-12-14-5-3-2-4-6-14)17(20)18-15-9-10-19(11-15)16-7-8-16/h2-6,13,15-16H,7-12H2,1H3,(H,18,20)/t13-,15+/m0/s1. The van der Waals surface area contributed by atoms with Crippen molar-refractivity contribution in [2.24, 2.45) is 0 Å². The van der Waals surface area contributed by atoms with Gasteiger partial charge >= 0.3 is 0 Å². The molecule has 0 spiro atoms. The third kappa shape index (κ3) is 4.24. The van der Waals surface area contributed by atoms with Gasteiger partial charge in [-0.3, -0.25) is 9.69 Å². The normalized spacial score (nSPS) is 24.0. The van der Waals surface area contributed by atoms with Crippen LogP contribution in [0.2, 0.25) is 0 Å². The molecule has 1 aromatic carbocycles. The molecule has 21 heavy (non-hydrogen) atoms. The summed E-state index contributed by atoms with van der Waals surface area (Å²) in [7, 11) is 0. The Labute approximate surface area is 131 Å². The molecule has 0 bridgehead atoms. The van der Waals surface area contributed by atoms with Crippen LogP contribution in [0.5, 0.6) is 0 Å². The van der Waals surface area contributed by atoms with Crippen molar-refractivity contribution in [3.05, 3.63) is 35.9 Å². The first-order chi connectivity index (χ1) is 10.2. The summed E-state index contributed by atoms with van der Waals surface area (Å²) in [6.45, 7) is 4.21. The van der Waals surface area contributed by atoms with E-state index in [1.54, 1.807) is 11.8 Å². The van der Waals surface area contributed by atoms with Crippen LogP contribution in [0.15, 0.2) is 30.3 Å². The molecule has 114 valence electrons. The maximum Gasteiger partial charge on any atom is 0.233 e. The highest BCUT2D eigenvalue weighted by Crippen LogP contribution is 2.30. The molecular weight excluding hydrogens is 280 g/mol. The van der Waals surface area contributed by atoms with Crippen molar-refractivity contribution in [3.8, 4) is 0 Å². The number of nitrogens with one attached hydrogen (secondary N) is 1. The zero-order valence-corrected chi connectivity index (χ0v) is 13.4. The molecule has 0 aromatic heterocycles. The summed E-state index contributed by atoms with van der Waals surface area (Å²) >= 11 is 1.71. The monoisotopic (exact) mass is 304 g/mol. The summed E-state index contributed by atoms with van der Waals surface area (Å²) < 4.78 is 0. The zero-order valence-electron chi connectivity index (χ0n) is 12.6. The van der Waals surface area contributed by atoms with Crippen molar-refractivity contribution in [3.63, 3.8) is 0 Å². The van der Waals surface area contributed by atoms with Crippen LogP contribution in [0, 0.1) is 0 Å². The predicted molar refractivity (Wildman–Crippen MR) is 88.3 cm³/mol. The van der Waals surface area contributed by atoms with Gasteiger partial charge in [0.1, 0.15) is 0 Å². The first-order valence-corrected chi connectivity index (χ1v) is 8.97. The van der Waals surface area contributed by atoms with Crippen LogP contribution in [-0.2, 0) is 10.5 Å². The van der Waals surface area contributed by atoms with Crippen molar-refractivity contribution in [2.75, 3.05) is 13.1 Å². The highest BCUT2D eigenvalue weighted by Gasteiger charge is 2.35. The van der Waals surface area contributed by atoms with Crippen LogP contribution < -0.4 is 5.32 Å². The van der Waals surface area contributed by atoms with Gasteiger partial charge in [-0.2, -0.15) is 0 Å². The maximum atomic E-state index is 12.3. The largest absolute Gasteiger partial charge is 0.351 e. The zero-order chi connectivity index (χ0) is 14.7. The van der Waals surface area contributed by atoms with Crippen LogP contribution >= 0.6 is 11.8 Å². The highest BCUT2D eigenvalue weighted by atomic mass is 32.2. The van der Waals surface area contributed by atoms with E-state index in [4.69, 9.17) is 0 Å². The molecule has 2 atom stereocenters. The van der Waals surface area contributed by atoms with Crippen LogP contribution in [0.1, 0.15) is 31.7 Å². The summed E-state index contributed by atoms with van der Waals surface area (Å²) in [5.41, 5.74) is 1.28. The molecule has 2 aliphatic rings. The lowest BCUT2D eigenvalue weighted by atomic mass is 10.2. The number of carbonyl (C=O) groups is 1. The Bertz CT molecular complexity index is 475. The van der Waals surface area contributed by atoms with Crippen molar-refractivity contribution >= 4 is 17.7 Å². The molecule has 4 heteroatoms. The Morgan fingerprint density at radius 3 is 2.81 bits per heavy atom. The first-order valence-electron chi connectivity index (χ1n) is 7.92. The predicted octanol–water partition coefficient (Wildman–Crippen LogP) is 2.66. The highest BCUT2D eigenvalue weighted by molar-refractivity contribution is 7.99. The maximum absolute atomic E-state index is 12.3. The minimum atomic E-state index is 0.0141. The molecule has 1 aromatic rings. The second-order valence-corrected chi connectivity index (χ2v) is 7.49. The summed E-state index contributed by atoms with van der Waals surface area (Å²) in [6, 6.07) is 11.5. The summed E-state index contributed by atoms with van der Waals surface area (Å²) in [6.07, 6.45) is 3.81. The lowest BCUT2D eigenvalue weighted by molar-refractivity contribution is -0.120. The SMILES string of the molecule is C[C@H](SCc1ccccc1)C(=O)N[C@@H]1CCN(C2CC2)C1. The van der Waals surface area contributed by atoms with E-state index in [1.807, 2.05) is 25.1 Å². The van der Waals surface area contributed by atoms with Gasteiger partial charge in [-0.1, -0.05) is 30.3 Å². The fraction of sp³-hybridized carbons (Fsp3) is 0.588. The summed E-state index contributed by atoms with van der Waals surface area (Å²) in [4.78, 5) is 14.8. The third-order valence-electron chi connectivity index (χ3n) is 4.34. The number of likely N-dealkylation sites (tertiary alicyclic amines) is 1. The fourth-order valence-corrected chi connectivity index (χ4v) is 3.72. The molecule has 3 rings (SSSR count). The van der Waals surface area contributed by atoms with Crippen LogP contribution in [0.25, 0.3) is 0 Å². The average molecular weight is 304 g/mol. The second-order valence-electron chi connectivity index (χ2n) is 6.16. The van der Waals surface area contributed by atoms with Crippen LogP contribution in [0.4, 0.5) is 0 Å². The van der Waals surface area contributed by atoms with Gasteiger partial charge in [0.2, 0.25) is 5.91 Å². The summed E-state index contributed by atoms with van der Waals surface area (Å²) in [5.74, 6) is 1.09. The van der Waals surface area contributed by atoms with Gasteiger partial charge in [0, 0.05) is 30.9 Å². The Balaban J connectivity index is 1.40. The van der Waals surface area contributed by atoms with Crippen molar-refractivity contribution in [1.29, 1.82) is 0 Å². The molecule has 2 fully saturated rings. The van der Waals surface area contributed by atoms with Gasteiger partial charge in [0.25, 0.3) is 0 Å². The molecule has 0 unspecified atom stereocenters. The molecule has 1 aliphatic heterocycles. The smallest absolute Gasteiger partial charge is 0.233 e. The van der Waals surface area contributed by atoms with Crippen molar-refractivity contribution in [2.45, 2.75) is 49.3 Å². The summed E-state index contributed by atoms with van der Waals surface area (Å²) in [5, 5.41) is 3.24. The minimum absolute atomic E-state index is 0.0141. The number of benzene rings is 1. The van der Waals surface area contributed by atoms with E-state index in [9.17, 15) is 4.79 Å². The van der Waals surface area contributed by atoms with E-state index in [0.29, 0.717) is 6.04 Å². The molecule has 1 aliphatic carbocycles. The minimum Gasteiger partial charge on any atom is -0.351 e. The number of hydrogen-bond acceptors (Lipinski definition) is 3. The van der Waals surface area contributed by atoms with E-state index in [1.165, 1.54) is 18.4 Å². The Morgan fingerprint density at radius 1 is 1.33 bits per heavy atom. The van der Waals surface area contributed by atoms with Gasteiger partial charge in [0.05, 0.1) is 5.25 Å². The van der Waals surface area contributed by atoms with E-state index in [2.05, 4.69) is 22.3 Å². The van der Waals surface area contributed by atoms with Crippen molar-refractivity contribution < 1.29 is 4.79 Å². The van der Waals surface area contributed by atoms with Gasteiger partial charge in [-0.15, -0.1) is 11.8 Å². The quantitative estimate of drug-likeness (QED) is 0.877. The molecule has 3 nitrogen and oxygen atoms in total. The number of rotatable bonds is 6. The fourth-order valence-electron chi connectivity index (χ4n) is 2.87. The van der Waals surface area contributed by atoms with Crippen LogP contribution in [-0.4, -0.2) is 41.2 Å². The molecule has 1 amide bonds. The van der Waals surface area contributed by atoms with E-state index in [-0.39, 0.29) is 11.2 Å². The Morgan fingerprint density at radius 2 is 2.10 bits per heavy atom. The third-order valence-corrected chi connectivity index (χ3v) is 5.56. The molecule has 1 saturated heterocycles. The number of hydrogen-bond donors (Lipinski definition) is 1. The number of amides is 1. The second kappa shape index (κ2) is 6.84. The number of nitrogens with zero attached hydrogens (tertiary/aromatic N) is 1. The molecular formula is C17H24N2OS. The lowest BCUT2D eigenvalue weighted by Crippen LogP contribution is -2.41. The lowest BCUT2D eigenvalue weighted by Gasteiger charge is -2.18. The molecule has 1 saturated carbocycles. The van der Waals surface area contributed by atoms with Gasteiger partial charge < -0.3 is 5.32 Å². The van der Waals surface area contributed by atoms with Crippen molar-refractivity contribution in [1.82, 2.24) is 10.2 Å². The molecule has 1 N–H and O–H groups in total. The van der Waals surface area contributed by atoms with Gasteiger partial charge in [-0.05, 0) is 31.7 Å². The molecule has 1 heterocycles. The van der Waals surface area contributed by atoms with E-state index < -0.39 is 0 Å².